The van der Waals surface area contributed by atoms with Crippen LogP contribution in [-0.2, 0) is 11.0 Å². The molecule has 0 aromatic carbocycles. The third-order valence-electron chi connectivity index (χ3n) is 4.72. The van der Waals surface area contributed by atoms with E-state index in [2.05, 4.69) is 20.6 Å². The van der Waals surface area contributed by atoms with Crippen molar-refractivity contribution >= 4 is 23.5 Å². The summed E-state index contributed by atoms with van der Waals surface area (Å²) in [5, 5.41) is 5.46. The van der Waals surface area contributed by atoms with Crippen molar-refractivity contribution in [3.05, 3.63) is 41.2 Å². The van der Waals surface area contributed by atoms with Gasteiger partial charge in [0, 0.05) is 43.5 Å². The molecule has 0 bridgehead atoms. The molecule has 1 fully saturated rings. The van der Waals surface area contributed by atoms with E-state index in [0.717, 1.165) is 12.3 Å². The molecule has 3 rings (SSSR count). The van der Waals surface area contributed by atoms with Gasteiger partial charge >= 0.3 is 6.18 Å². The number of nitrogens with one attached hydrogen (secondary N) is 2. The van der Waals surface area contributed by atoms with Gasteiger partial charge in [-0.3, -0.25) is 9.59 Å². The summed E-state index contributed by atoms with van der Waals surface area (Å²) in [5.41, 5.74) is 0.0308. The number of rotatable bonds is 5. The number of nitrogens with zero attached hydrogens (tertiary/aromatic N) is 3. The minimum absolute atomic E-state index is 0.0199. The molecular weight excluding hydrogens is 415 g/mol. The fraction of sp³-hybridized carbons (Fsp3) is 0.400. The minimum atomic E-state index is -4.51. The van der Waals surface area contributed by atoms with E-state index in [4.69, 9.17) is 4.74 Å². The lowest BCUT2D eigenvalue weighted by atomic mass is 10.2. The Morgan fingerprint density at radius 3 is 2.65 bits per heavy atom. The largest absolute Gasteiger partial charge is 0.493 e. The highest BCUT2D eigenvalue weighted by atomic mass is 19.4. The first kappa shape index (κ1) is 22.3. The summed E-state index contributed by atoms with van der Waals surface area (Å²) in [6.07, 6.45) is -3.16. The Morgan fingerprint density at radius 1 is 1.26 bits per heavy atom. The van der Waals surface area contributed by atoms with Gasteiger partial charge in [0.2, 0.25) is 5.91 Å². The third kappa shape index (κ3) is 5.41. The maximum absolute atomic E-state index is 12.9. The number of alkyl halides is 3. The number of methoxy groups -OCH3 is 1. The SMILES string of the molecule is COc1cc(C(F)(F)F)cnc1N1CCC(NC(=O)c2cc(C)nc(NC(C)=O)c2)C1. The zero-order valence-electron chi connectivity index (χ0n) is 17.2. The van der Waals surface area contributed by atoms with Crippen LogP contribution < -0.4 is 20.3 Å². The second kappa shape index (κ2) is 8.78. The summed E-state index contributed by atoms with van der Waals surface area (Å²) in [5.74, 6) is -0.0407. The Balaban J connectivity index is 1.70. The van der Waals surface area contributed by atoms with Crippen LogP contribution in [0.2, 0.25) is 0 Å². The number of anilines is 2. The molecule has 1 atom stereocenters. The lowest BCUT2D eigenvalue weighted by molar-refractivity contribution is -0.137. The van der Waals surface area contributed by atoms with Gasteiger partial charge in [0.15, 0.2) is 11.6 Å². The first-order chi connectivity index (χ1) is 14.6. The van der Waals surface area contributed by atoms with Gasteiger partial charge in [-0.25, -0.2) is 9.97 Å². The second-order valence-electron chi connectivity index (χ2n) is 7.22. The number of halogens is 3. The molecule has 2 aromatic heterocycles. The van der Waals surface area contributed by atoms with E-state index in [-0.39, 0.29) is 29.4 Å². The molecule has 0 aliphatic carbocycles. The van der Waals surface area contributed by atoms with Crippen molar-refractivity contribution in [2.24, 2.45) is 0 Å². The highest BCUT2D eigenvalue weighted by molar-refractivity contribution is 5.96. The first-order valence-corrected chi connectivity index (χ1v) is 9.50. The molecule has 8 nitrogen and oxygen atoms in total. The van der Waals surface area contributed by atoms with Crippen LogP contribution in [0.25, 0.3) is 0 Å². The maximum Gasteiger partial charge on any atom is 0.418 e. The Bertz CT molecular complexity index is 997. The van der Waals surface area contributed by atoms with Gasteiger partial charge in [-0.15, -0.1) is 0 Å². The van der Waals surface area contributed by atoms with Crippen LogP contribution in [-0.4, -0.2) is 48.0 Å². The summed E-state index contributed by atoms with van der Waals surface area (Å²) in [6, 6.07) is 3.77. The number of pyridine rings is 2. The van der Waals surface area contributed by atoms with E-state index in [0.29, 0.717) is 36.6 Å². The summed E-state index contributed by atoms with van der Waals surface area (Å²) >= 11 is 0. The van der Waals surface area contributed by atoms with Gasteiger partial charge in [0.25, 0.3) is 5.91 Å². The Hall–Kier alpha value is -3.37. The van der Waals surface area contributed by atoms with Crippen LogP contribution >= 0.6 is 0 Å². The molecule has 31 heavy (non-hydrogen) atoms. The predicted molar refractivity (Wildman–Crippen MR) is 107 cm³/mol. The predicted octanol–water partition coefficient (Wildman–Crippen LogP) is 2.78. The average Bonchev–Trinajstić information content (AvgIpc) is 3.14. The van der Waals surface area contributed by atoms with Crippen molar-refractivity contribution in [3.63, 3.8) is 0 Å². The number of hydrogen-bond donors (Lipinski definition) is 2. The molecule has 1 aliphatic heterocycles. The molecule has 3 heterocycles. The van der Waals surface area contributed by atoms with E-state index in [9.17, 15) is 22.8 Å². The fourth-order valence-corrected chi connectivity index (χ4v) is 3.36. The number of ether oxygens (including phenoxy) is 1. The average molecular weight is 437 g/mol. The smallest absolute Gasteiger partial charge is 0.418 e. The zero-order chi connectivity index (χ0) is 22.8. The maximum atomic E-state index is 12.9. The quantitative estimate of drug-likeness (QED) is 0.747. The summed E-state index contributed by atoms with van der Waals surface area (Å²) in [6.45, 7) is 3.91. The topological polar surface area (TPSA) is 96.4 Å². The molecule has 1 aliphatic rings. The summed E-state index contributed by atoms with van der Waals surface area (Å²) in [4.78, 5) is 33.8. The van der Waals surface area contributed by atoms with Crippen LogP contribution in [0.4, 0.5) is 24.8 Å². The van der Waals surface area contributed by atoms with E-state index in [1.807, 2.05) is 0 Å². The standard InChI is InChI=1S/C20H22F3N5O3/c1-11-6-13(7-17(25-11)26-12(2)29)19(30)27-15-4-5-28(10-15)18-16(31-3)8-14(9-24-18)20(21,22)23/h6-9,15H,4-5,10H2,1-3H3,(H,27,30)(H,25,26,29). The highest BCUT2D eigenvalue weighted by Gasteiger charge is 2.33. The van der Waals surface area contributed by atoms with Crippen molar-refractivity contribution in [1.82, 2.24) is 15.3 Å². The molecule has 166 valence electrons. The molecule has 0 saturated carbocycles. The number of carbonyl (C=O) groups excluding carboxylic acids is 2. The lowest BCUT2D eigenvalue weighted by Gasteiger charge is -2.21. The van der Waals surface area contributed by atoms with E-state index < -0.39 is 11.7 Å². The van der Waals surface area contributed by atoms with Gasteiger partial charge in [-0.2, -0.15) is 13.2 Å². The highest BCUT2D eigenvalue weighted by Crippen LogP contribution is 2.35. The summed E-state index contributed by atoms with van der Waals surface area (Å²) in [7, 11) is 1.29. The number of aromatic nitrogens is 2. The zero-order valence-corrected chi connectivity index (χ0v) is 17.2. The lowest BCUT2D eigenvalue weighted by Crippen LogP contribution is -2.37. The fourth-order valence-electron chi connectivity index (χ4n) is 3.36. The first-order valence-electron chi connectivity index (χ1n) is 9.50. The van der Waals surface area contributed by atoms with Crippen LogP contribution in [0.15, 0.2) is 24.4 Å². The van der Waals surface area contributed by atoms with Gasteiger partial charge < -0.3 is 20.3 Å². The van der Waals surface area contributed by atoms with E-state index in [1.54, 1.807) is 17.9 Å². The third-order valence-corrected chi connectivity index (χ3v) is 4.72. The number of carbonyl (C=O) groups is 2. The molecular formula is C20H22F3N5O3. The molecule has 2 N–H and O–H groups in total. The molecule has 0 radical (unpaired) electrons. The van der Waals surface area contributed by atoms with Gasteiger partial charge in [0.05, 0.1) is 12.7 Å². The van der Waals surface area contributed by atoms with Crippen LogP contribution in [0.1, 0.15) is 35.0 Å². The monoisotopic (exact) mass is 437 g/mol. The second-order valence-corrected chi connectivity index (χ2v) is 7.22. The molecule has 2 aromatic rings. The van der Waals surface area contributed by atoms with E-state index >= 15 is 0 Å². The summed E-state index contributed by atoms with van der Waals surface area (Å²) < 4.78 is 43.9. The van der Waals surface area contributed by atoms with Crippen LogP contribution in [0.5, 0.6) is 5.75 Å². The molecule has 1 unspecified atom stereocenters. The number of amides is 2. The molecule has 1 saturated heterocycles. The number of hydrogen-bond acceptors (Lipinski definition) is 6. The van der Waals surface area contributed by atoms with Crippen LogP contribution in [0, 0.1) is 6.92 Å². The molecule has 11 heteroatoms. The Labute approximate surface area is 176 Å². The minimum Gasteiger partial charge on any atom is -0.493 e. The molecule has 0 spiro atoms. The van der Waals surface area contributed by atoms with Crippen molar-refractivity contribution in [2.45, 2.75) is 32.5 Å². The molecule has 2 amide bonds. The van der Waals surface area contributed by atoms with Crippen molar-refractivity contribution in [1.29, 1.82) is 0 Å². The van der Waals surface area contributed by atoms with Crippen LogP contribution in [0.3, 0.4) is 0 Å². The van der Waals surface area contributed by atoms with Gasteiger partial charge in [-0.05, 0) is 31.5 Å². The Kier molecular flexibility index (Phi) is 6.32. The van der Waals surface area contributed by atoms with E-state index in [1.165, 1.54) is 20.1 Å². The Morgan fingerprint density at radius 2 is 2.00 bits per heavy atom. The van der Waals surface area contributed by atoms with Gasteiger partial charge in [0.1, 0.15) is 5.82 Å². The normalized spacial score (nSPS) is 16.2. The van der Waals surface area contributed by atoms with Crippen molar-refractivity contribution in [3.8, 4) is 5.75 Å². The number of aryl methyl sites for hydroxylation is 1. The van der Waals surface area contributed by atoms with Crippen molar-refractivity contribution in [2.75, 3.05) is 30.4 Å². The van der Waals surface area contributed by atoms with Gasteiger partial charge in [-0.1, -0.05) is 0 Å². The van der Waals surface area contributed by atoms with Crippen molar-refractivity contribution < 1.29 is 27.5 Å².